The zero-order valence-electron chi connectivity index (χ0n) is 16.3. The smallest absolute Gasteiger partial charge is 0.278 e. The average Bonchev–Trinajstić information content (AvgIpc) is 2.76. The third kappa shape index (κ3) is 3.50. The molecule has 1 aliphatic heterocycles. The Bertz CT molecular complexity index is 1150. The van der Waals surface area contributed by atoms with Crippen molar-refractivity contribution in [3.63, 3.8) is 0 Å². The molecule has 0 unspecified atom stereocenters. The molecule has 3 N–H and O–H groups in total. The van der Waals surface area contributed by atoms with E-state index in [1.807, 2.05) is 13.8 Å². The minimum Gasteiger partial charge on any atom is -0.364 e. The lowest BCUT2D eigenvalue weighted by atomic mass is 10.0. The van der Waals surface area contributed by atoms with Crippen molar-refractivity contribution < 1.29 is 9.59 Å². The molecule has 0 saturated heterocycles. The predicted octanol–water partition coefficient (Wildman–Crippen LogP) is 1.66. The van der Waals surface area contributed by atoms with Crippen molar-refractivity contribution >= 4 is 29.3 Å². The zero-order chi connectivity index (χ0) is 21.3. The Morgan fingerprint density at radius 2 is 1.73 bits per heavy atom. The van der Waals surface area contributed by atoms with Crippen LogP contribution in [0.3, 0.4) is 0 Å². The molecule has 4 heterocycles. The van der Waals surface area contributed by atoms with E-state index in [-0.39, 0.29) is 35.4 Å². The van der Waals surface area contributed by atoms with Crippen LogP contribution in [-0.2, 0) is 0 Å². The molecule has 0 saturated carbocycles. The Morgan fingerprint density at radius 1 is 1.07 bits per heavy atom. The van der Waals surface area contributed by atoms with E-state index in [1.54, 1.807) is 36.7 Å². The second-order valence-electron chi connectivity index (χ2n) is 6.90. The summed E-state index contributed by atoms with van der Waals surface area (Å²) in [5.41, 5.74) is 0.220. The van der Waals surface area contributed by atoms with Crippen LogP contribution in [-0.4, -0.2) is 43.8 Å². The summed E-state index contributed by atoms with van der Waals surface area (Å²) in [5, 5.41) is 5.69. The van der Waals surface area contributed by atoms with Gasteiger partial charge in [0.05, 0.1) is 17.2 Å². The number of rotatable bonds is 3. The highest BCUT2D eigenvalue weighted by molar-refractivity contribution is 6.08. The third-order valence-electron chi connectivity index (χ3n) is 4.91. The van der Waals surface area contributed by atoms with Gasteiger partial charge in [0.15, 0.2) is 11.5 Å². The summed E-state index contributed by atoms with van der Waals surface area (Å²) in [7, 11) is 0. The first kappa shape index (κ1) is 19.2. The molecule has 0 bridgehead atoms. The molecule has 3 aromatic rings. The Balaban J connectivity index is 1.71. The van der Waals surface area contributed by atoms with Crippen LogP contribution < -0.4 is 21.1 Å². The maximum atomic E-state index is 13.1. The lowest BCUT2D eigenvalue weighted by Crippen LogP contribution is -2.53. The van der Waals surface area contributed by atoms with E-state index >= 15 is 0 Å². The molecule has 2 atom stereocenters. The maximum Gasteiger partial charge on any atom is 0.278 e. The SMILES string of the molecule is C[C@H]1Nc2nc(NC(=O)c3cccnc3)[nH]c(=O)c2N(C(=O)c2cccnc2)[C@H]1C. The lowest BCUT2D eigenvalue weighted by Gasteiger charge is -2.38. The molecule has 10 heteroatoms. The lowest BCUT2D eigenvalue weighted by molar-refractivity contribution is 0.0972. The summed E-state index contributed by atoms with van der Waals surface area (Å²) < 4.78 is 0. The number of carbonyl (C=O) groups is 2. The van der Waals surface area contributed by atoms with E-state index in [0.717, 1.165) is 0 Å². The molecule has 10 nitrogen and oxygen atoms in total. The molecule has 152 valence electrons. The van der Waals surface area contributed by atoms with Crippen molar-refractivity contribution in [2.75, 3.05) is 15.5 Å². The van der Waals surface area contributed by atoms with Crippen molar-refractivity contribution in [3.05, 3.63) is 70.5 Å². The van der Waals surface area contributed by atoms with Crippen molar-refractivity contribution in [2.24, 2.45) is 0 Å². The van der Waals surface area contributed by atoms with Crippen molar-refractivity contribution in [3.8, 4) is 0 Å². The summed E-state index contributed by atoms with van der Waals surface area (Å²) in [5.74, 6) is -0.643. The van der Waals surface area contributed by atoms with Crippen LogP contribution in [0.25, 0.3) is 0 Å². The van der Waals surface area contributed by atoms with Gasteiger partial charge in [0, 0.05) is 30.8 Å². The molecule has 0 spiro atoms. The Kier molecular flexibility index (Phi) is 4.97. The second kappa shape index (κ2) is 7.74. The molecule has 30 heavy (non-hydrogen) atoms. The fourth-order valence-corrected chi connectivity index (χ4v) is 3.21. The summed E-state index contributed by atoms with van der Waals surface area (Å²) in [6.07, 6.45) is 5.98. The third-order valence-corrected chi connectivity index (χ3v) is 4.91. The Morgan fingerprint density at radius 3 is 2.37 bits per heavy atom. The van der Waals surface area contributed by atoms with Crippen LogP contribution in [0, 0.1) is 0 Å². The number of nitrogens with zero attached hydrogens (tertiary/aromatic N) is 4. The normalized spacial score (nSPS) is 17.6. The summed E-state index contributed by atoms with van der Waals surface area (Å²) in [6.45, 7) is 3.72. The average molecular weight is 405 g/mol. The molecule has 0 fully saturated rings. The summed E-state index contributed by atoms with van der Waals surface area (Å²) >= 11 is 0. The summed E-state index contributed by atoms with van der Waals surface area (Å²) in [4.78, 5) is 54.5. The van der Waals surface area contributed by atoms with E-state index in [2.05, 4.69) is 30.6 Å². The molecule has 3 aromatic heterocycles. The number of aromatic amines is 1. The van der Waals surface area contributed by atoms with Gasteiger partial charge in [0.2, 0.25) is 5.95 Å². The van der Waals surface area contributed by atoms with Gasteiger partial charge in [-0.1, -0.05) is 0 Å². The van der Waals surface area contributed by atoms with Gasteiger partial charge in [0.25, 0.3) is 17.4 Å². The highest BCUT2D eigenvalue weighted by Gasteiger charge is 2.36. The predicted molar refractivity (Wildman–Crippen MR) is 111 cm³/mol. The fraction of sp³-hybridized carbons (Fsp3) is 0.200. The fourth-order valence-electron chi connectivity index (χ4n) is 3.21. The van der Waals surface area contributed by atoms with E-state index < -0.39 is 11.5 Å². The number of pyridine rings is 2. The highest BCUT2D eigenvalue weighted by Crippen LogP contribution is 2.31. The number of aromatic nitrogens is 4. The number of anilines is 3. The van der Waals surface area contributed by atoms with Crippen molar-refractivity contribution in [2.45, 2.75) is 25.9 Å². The van der Waals surface area contributed by atoms with Gasteiger partial charge in [-0.05, 0) is 38.1 Å². The van der Waals surface area contributed by atoms with Gasteiger partial charge in [-0.15, -0.1) is 0 Å². The van der Waals surface area contributed by atoms with Crippen LogP contribution in [0.5, 0.6) is 0 Å². The number of nitrogens with one attached hydrogen (secondary N) is 3. The van der Waals surface area contributed by atoms with Crippen LogP contribution in [0.15, 0.2) is 53.8 Å². The molecule has 0 aromatic carbocycles. The van der Waals surface area contributed by atoms with E-state index in [1.165, 1.54) is 17.3 Å². The van der Waals surface area contributed by atoms with Crippen molar-refractivity contribution in [1.29, 1.82) is 0 Å². The van der Waals surface area contributed by atoms with E-state index in [0.29, 0.717) is 11.1 Å². The first-order chi connectivity index (χ1) is 14.5. The first-order valence-electron chi connectivity index (χ1n) is 9.31. The standard InChI is InChI=1S/C20H19N7O3/c1-11-12(2)27(19(30)14-6-4-8-22-10-14)15-16(23-11)24-20(26-18(15)29)25-17(28)13-5-3-7-21-9-13/h3-12H,1-2H3,(H3,23,24,25,26,28,29)/t11-,12+/m1/s1. The highest BCUT2D eigenvalue weighted by atomic mass is 16.2. The maximum absolute atomic E-state index is 13.1. The number of H-pyrrole nitrogens is 1. The quantitative estimate of drug-likeness (QED) is 0.603. The number of carbonyl (C=O) groups excluding carboxylic acids is 2. The van der Waals surface area contributed by atoms with Crippen molar-refractivity contribution in [1.82, 2.24) is 19.9 Å². The topological polar surface area (TPSA) is 133 Å². The number of hydrogen-bond acceptors (Lipinski definition) is 7. The molecular formula is C20H19N7O3. The zero-order valence-corrected chi connectivity index (χ0v) is 16.3. The molecule has 0 radical (unpaired) electrons. The number of fused-ring (bicyclic) bond motifs is 1. The summed E-state index contributed by atoms with van der Waals surface area (Å²) in [6, 6.07) is 6.01. The first-order valence-corrected chi connectivity index (χ1v) is 9.31. The van der Waals surface area contributed by atoms with Gasteiger partial charge in [0.1, 0.15) is 0 Å². The molecule has 2 amide bonds. The van der Waals surface area contributed by atoms with Gasteiger partial charge in [-0.25, -0.2) is 0 Å². The number of hydrogen-bond donors (Lipinski definition) is 3. The van der Waals surface area contributed by atoms with Gasteiger partial charge >= 0.3 is 0 Å². The minimum atomic E-state index is -0.551. The van der Waals surface area contributed by atoms with E-state index in [4.69, 9.17) is 0 Å². The van der Waals surface area contributed by atoms with Crippen LogP contribution >= 0.6 is 0 Å². The van der Waals surface area contributed by atoms with Gasteiger partial charge < -0.3 is 5.32 Å². The van der Waals surface area contributed by atoms with Crippen LogP contribution in [0.2, 0.25) is 0 Å². The van der Waals surface area contributed by atoms with Gasteiger partial charge in [-0.3, -0.25) is 39.6 Å². The van der Waals surface area contributed by atoms with E-state index in [9.17, 15) is 14.4 Å². The monoisotopic (exact) mass is 405 g/mol. The van der Waals surface area contributed by atoms with Crippen LogP contribution in [0.4, 0.5) is 17.5 Å². The van der Waals surface area contributed by atoms with Gasteiger partial charge in [-0.2, -0.15) is 4.98 Å². The molecule has 4 rings (SSSR count). The second-order valence-corrected chi connectivity index (χ2v) is 6.90. The molecular weight excluding hydrogens is 386 g/mol. The minimum absolute atomic E-state index is 0.0318. The van der Waals surface area contributed by atoms with Crippen LogP contribution in [0.1, 0.15) is 34.6 Å². The Hall–Kier alpha value is -4.08. The molecule has 0 aliphatic carbocycles. The number of amides is 2. The Labute approximate surface area is 171 Å². The largest absolute Gasteiger partial charge is 0.364 e. The molecule has 1 aliphatic rings.